The minimum atomic E-state index is -0.447. The molecule has 0 aromatic heterocycles. The summed E-state index contributed by atoms with van der Waals surface area (Å²) < 4.78 is 10.2. The normalized spacial score (nSPS) is 17.0. The van der Waals surface area contributed by atoms with Crippen molar-refractivity contribution in [2.24, 2.45) is 10.3 Å². The van der Waals surface area contributed by atoms with Crippen LogP contribution in [0.4, 0.5) is 9.59 Å². The molecule has 3 aliphatic heterocycles. The molecule has 0 spiro atoms. The molecular weight excluding hydrogens is 470 g/mol. The first-order valence-corrected chi connectivity index (χ1v) is 10.8. The summed E-state index contributed by atoms with van der Waals surface area (Å²) in [5, 5.41) is 19.4. The van der Waals surface area contributed by atoms with Crippen LogP contribution in [0.2, 0.25) is 0 Å². The fourth-order valence-electron chi connectivity index (χ4n) is 2.40. The largest absolute Gasteiger partial charge is 0.444 e. The summed E-state index contributed by atoms with van der Waals surface area (Å²) in [7, 11) is 3.05. The Morgan fingerprint density at radius 2 is 1.26 bits per heavy atom. The monoisotopic (exact) mass is 509 g/mol. The lowest BCUT2D eigenvalue weighted by Crippen LogP contribution is -2.54. The van der Waals surface area contributed by atoms with E-state index in [4.69, 9.17) is 14.6 Å². The van der Waals surface area contributed by atoms with Crippen molar-refractivity contribution in [3.8, 4) is 0 Å². The van der Waals surface area contributed by atoms with E-state index in [1.54, 1.807) is 12.0 Å². The molecule has 0 saturated carbocycles. The van der Waals surface area contributed by atoms with Crippen molar-refractivity contribution < 1.29 is 33.8 Å². The van der Waals surface area contributed by atoms with Gasteiger partial charge in [0.05, 0.1) is 43.7 Å². The Morgan fingerprint density at radius 1 is 0.853 bits per heavy atom. The minimum absolute atomic E-state index is 0. The molecule has 3 heterocycles. The summed E-state index contributed by atoms with van der Waals surface area (Å²) >= 11 is 0. The molecule has 3 fully saturated rings. The van der Waals surface area contributed by atoms with Gasteiger partial charge in [-0.2, -0.15) is 0 Å². The molecule has 0 atom stereocenters. The molecule has 198 valence electrons. The molecule has 2 amide bonds. The Hall–Kier alpha value is -2.31. The molecule has 0 aromatic rings. The lowest BCUT2D eigenvalue weighted by molar-refractivity contribution is -0.0303. The number of hydrogen-bond donors (Lipinski definition) is 2. The molecule has 0 unspecified atom stereocenters. The van der Waals surface area contributed by atoms with Gasteiger partial charge in [-0.1, -0.05) is 10.3 Å². The van der Waals surface area contributed by atoms with Crippen molar-refractivity contribution in [2.75, 3.05) is 53.5 Å². The Bertz CT molecular complexity index is 699. The van der Waals surface area contributed by atoms with Crippen LogP contribution in [-0.2, 0) is 19.1 Å². The number of amides is 2. The van der Waals surface area contributed by atoms with Gasteiger partial charge in [0.25, 0.3) is 0 Å². The highest BCUT2D eigenvalue weighted by atomic mass is 35.5. The van der Waals surface area contributed by atoms with E-state index in [0.717, 1.165) is 24.5 Å². The molecule has 2 N–H and O–H groups in total. The number of likely N-dealkylation sites (tertiary alicyclic amines) is 2. The van der Waals surface area contributed by atoms with Gasteiger partial charge in [0.1, 0.15) is 25.4 Å². The van der Waals surface area contributed by atoms with Gasteiger partial charge in [0.2, 0.25) is 0 Å². The predicted molar refractivity (Wildman–Crippen MR) is 131 cm³/mol. The third-order valence-corrected chi connectivity index (χ3v) is 4.01. The molecule has 13 heteroatoms. The maximum Gasteiger partial charge on any atom is 0.410 e. The fraction of sp³-hybridized carbons (Fsp3) is 0.810. The standard InChI is InChI=1S/C9H16N2O3.C8H15NO3.C4H8N2O.ClH/c1-9(2,3)14-8(12)11-5-7(6-11)10-13-4;1-8(2,3)12-7(11)9-4-6(10)5-9;1-7-6-4-2-5-3-4;/h5-6H2,1-4H3;6,10H,4-5H2,1-3H3;5H,2-3H2,1H3;1H. The van der Waals surface area contributed by atoms with Crippen LogP contribution in [0.1, 0.15) is 41.5 Å². The van der Waals surface area contributed by atoms with Gasteiger partial charge >= 0.3 is 12.2 Å². The van der Waals surface area contributed by atoms with Crippen molar-refractivity contribution in [3.63, 3.8) is 0 Å². The average Bonchev–Trinajstić information content (AvgIpc) is 2.56. The van der Waals surface area contributed by atoms with Crippen LogP contribution < -0.4 is 5.32 Å². The molecule has 3 rings (SSSR count). The number of rotatable bonds is 2. The first-order chi connectivity index (χ1) is 15.2. The highest BCUT2D eigenvalue weighted by Gasteiger charge is 2.32. The topological polar surface area (TPSA) is 135 Å². The van der Waals surface area contributed by atoms with E-state index in [2.05, 4.69) is 25.3 Å². The van der Waals surface area contributed by atoms with E-state index < -0.39 is 11.2 Å². The molecule has 34 heavy (non-hydrogen) atoms. The second kappa shape index (κ2) is 14.2. The van der Waals surface area contributed by atoms with E-state index >= 15 is 0 Å². The molecule has 12 nitrogen and oxygen atoms in total. The zero-order valence-corrected chi connectivity index (χ0v) is 22.2. The third-order valence-electron chi connectivity index (χ3n) is 4.01. The molecule has 3 aliphatic rings. The number of aliphatic hydroxyl groups excluding tert-OH is 1. The maximum absolute atomic E-state index is 11.4. The highest BCUT2D eigenvalue weighted by Crippen LogP contribution is 2.15. The molecule has 0 radical (unpaired) electrons. The van der Waals surface area contributed by atoms with Gasteiger partial charge in [0, 0.05) is 13.1 Å². The zero-order chi connectivity index (χ0) is 25.2. The number of carbonyl (C=O) groups excluding carboxylic acids is 2. The van der Waals surface area contributed by atoms with Crippen LogP contribution in [-0.4, -0.2) is 109 Å². The number of nitrogens with one attached hydrogen (secondary N) is 1. The van der Waals surface area contributed by atoms with Gasteiger partial charge in [-0.3, -0.25) is 4.90 Å². The Morgan fingerprint density at radius 3 is 1.56 bits per heavy atom. The second-order valence-corrected chi connectivity index (χ2v) is 9.66. The Kier molecular flexibility index (Phi) is 13.2. The van der Waals surface area contributed by atoms with Crippen LogP contribution in [0, 0.1) is 0 Å². The first kappa shape index (κ1) is 31.7. The van der Waals surface area contributed by atoms with Crippen LogP contribution in [0.3, 0.4) is 0 Å². The lowest BCUT2D eigenvalue weighted by Gasteiger charge is -2.36. The summed E-state index contributed by atoms with van der Waals surface area (Å²) in [6.45, 7) is 14.6. The van der Waals surface area contributed by atoms with Crippen molar-refractivity contribution in [2.45, 2.75) is 58.8 Å². The predicted octanol–water partition coefficient (Wildman–Crippen LogP) is 1.85. The number of ether oxygens (including phenoxy) is 2. The number of carbonyl (C=O) groups is 2. The highest BCUT2D eigenvalue weighted by molar-refractivity contribution is 5.98. The molecule has 0 bridgehead atoms. The molecular formula is C21H40ClN5O7. The van der Waals surface area contributed by atoms with Crippen LogP contribution >= 0.6 is 12.4 Å². The fourth-order valence-corrected chi connectivity index (χ4v) is 2.40. The zero-order valence-electron chi connectivity index (χ0n) is 21.4. The summed E-state index contributed by atoms with van der Waals surface area (Å²) in [4.78, 5) is 34.7. The molecule has 0 aliphatic carbocycles. The minimum Gasteiger partial charge on any atom is -0.444 e. The number of aliphatic hydroxyl groups is 1. The van der Waals surface area contributed by atoms with Gasteiger partial charge in [-0.05, 0) is 41.5 Å². The smallest absolute Gasteiger partial charge is 0.410 e. The number of oxime groups is 2. The molecule has 3 saturated heterocycles. The van der Waals surface area contributed by atoms with E-state index in [1.807, 2.05) is 41.5 Å². The lowest BCUT2D eigenvalue weighted by atomic mass is 10.2. The Labute approximate surface area is 208 Å². The molecule has 0 aromatic carbocycles. The van der Waals surface area contributed by atoms with Gasteiger partial charge < -0.3 is 34.5 Å². The first-order valence-electron chi connectivity index (χ1n) is 10.8. The van der Waals surface area contributed by atoms with Crippen molar-refractivity contribution >= 4 is 36.0 Å². The number of nitrogens with zero attached hydrogens (tertiary/aromatic N) is 4. The van der Waals surface area contributed by atoms with E-state index in [1.165, 1.54) is 12.0 Å². The second-order valence-electron chi connectivity index (χ2n) is 9.66. The van der Waals surface area contributed by atoms with Crippen LogP contribution in [0.15, 0.2) is 10.3 Å². The summed E-state index contributed by atoms with van der Waals surface area (Å²) in [6.07, 6.45) is -1.00. The van der Waals surface area contributed by atoms with Gasteiger partial charge in [-0.15, -0.1) is 12.4 Å². The van der Waals surface area contributed by atoms with Gasteiger partial charge in [0.15, 0.2) is 0 Å². The number of β-amino-alcohol motifs (C(OH)–C–C–N with tert-alkyl or cyclic N) is 1. The van der Waals surface area contributed by atoms with Crippen LogP contribution in [0.25, 0.3) is 0 Å². The van der Waals surface area contributed by atoms with E-state index in [0.29, 0.717) is 26.2 Å². The summed E-state index contributed by atoms with van der Waals surface area (Å²) in [6, 6.07) is 0. The quantitative estimate of drug-likeness (QED) is 0.538. The maximum atomic E-state index is 11.4. The summed E-state index contributed by atoms with van der Waals surface area (Å²) in [5.74, 6) is 0. The third kappa shape index (κ3) is 12.8. The number of hydrogen-bond acceptors (Lipinski definition) is 10. The average molecular weight is 510 g/mol. The van der Waals surface area contributed by atoms with E-state index in [9.17, 15) is 9.59 Å². The van der Waals surface area contributed by atoms with Crippen molar-refractivity contribution in [1.82, 2.24) is 15.1 Å². The van der Waals surface area contributed by atoms with Gasteiger partial charge in [-0.25, -0.2) is 9.59 Å². The van der Waals surface area contributed by atoms with Crippen molar-refractivity contribution in [3.05, 3.63) is 0 Å². The van der Waals surface area contributed by atoms with Crippen molar-refractivity contribution in [1.29, 1.82) is 0 Å². The Balaban J connectivity index is 0.000000497. The summed E-state index contributed by atoms with van der Waals surface area (Å²) in [5.41, 5.74) is 1.07. The SMILES string of the molecule is CC(C)(C)OC(=O)N1CC(O)C1.CON=C1CN(C(=O)OC(C)(C)C)C1.CON=C1CNC1.Cl. The van der Waals surface area contributed by atoms with Crippen LogP contribution in [0.5, 0.6) is 0 Å². The number of halogens is 1. The van der Waals surface area contributed by atoms with E-state index in [-0.39, 0.29) is 30.7 Å².